The second-order valence-corrected chi connectivity index (χ2v) is 6.79. The van der Waals surface area contributed by atoms with Gasteiger partial charge in [-0.25, -0.2) is 0 Å². The Morgan fingerprint density at radius 2 is 2.10 bits per heavy atom. The maximum absolute atomic E-state index is 12.3. The van der Waals surface area contributed by atoms with Crippen LogP contribution in [0.3, 0.4) is 0 Å². The van der Waals surface area contributed by atoms with Gasteiger partial charge in [-0.1, -0.05) is 13.0 Å². The van der Waals surface area contributed by atoms with Crippen LogP contribution in [0, 0.1) is 0 Å². The molecule has 2 N–H and O–H groups in total. The number of ether oxygens (including phenoxy) is 1. The molecule has 118 valence electrons. The zero-order valence-electron chi connectivity index (χ0n) is 12.5. The minimum Gasteiger partial charge on any atom is -0.491 e. The summed E-state index contributed by atoms with van der Waals surface area (Å²) >= 11 is 0. The van der Waals surface area contributed by atoms with E-state index in [9.17, 15) is 8.42 Å². The number of rotatable bonds is 6. The third kappa shape index (κ3) is 4.59. The summed E-state index contributed by atoms with van der Waals surface area (Å²) in [7, 11) is -3.50. The molecule has 2 rings (SSSR count). The fraction of sp³-hybridized carbons (Fsp3) is 0.571. The summed E-state index contributed by atoms with van der Waals surface area (Å²) in [6.07, 6.45) is 1.00. The van der Waals surface area contributed by atoms with Crippen molar-refractivity contribution in [3.05, 3.63) is 24.3 Å². The van der Waals surface area contributed by atoms with Crippen molar-refractivity contribution in [1.29, 1.82) is 0 Å². The van der Waals surface area contributed by atoms with Gasteiger partial charge in [-0.15, -0.1) is 0 Å². The van der Waals surface area contributed by atoms with Crippen LogP contribution in [0.5, 0.6) is 5.75 Å². The van der Waals surface area contributed by atoms with Crippen molar-refractivity contribution in [2.75, 3.05) is 30.9 Å². The Kier molecular flexibility index (Phi) is 5.44. The third-order valence-corrected chi connectivity index (χ3v) is 4.95. The highest BCUT2D eigenvalue weighted by Gasteiger charge is 2.23. The average Bonchev–Trinajstić information content (AvgIpc) is 2.48. The highest BCUT2D eigenvalue weighted by molar-refractivity contribution is 7.90. The molecule has 1 aliphatic rings. The number of anilines is 1. The fourth-order valence-corrected chi connectivity index (χ4v) is 3.26. The Labute approximate surface area is 126 Å². The molecule has 1 unspecified atom stereocenters. The Bertz CT molecular complexity index is 556. The van der Waals surface area contributed by atoms with Crippen LogP contribution >= 0.6 is 0 Å². The normalized spacial score (nSPS) is 18.2. The van der Waals surface area contributed by atoms with Crippen LogP contribution in [0.25, 0.3) is 0 Å². The van der Waals surface area contributed by atoms with Crippen molar-refractivity contribution >= 4 is 15.9 Å². The molecular formula is C14H23N3O3S. The number of nitrogens with zero attached hydrogens (tertiary/aromatic N) is 1. The minimum absolute atomic E-state index is 0.102. The smallest absolute Gasteiger partial charge is 0.301 e. The van der Waals surface area contributed by atoms with E-state index in [0.29, 0.717) is 37.6 Å². The second kappa shape index (κ2) is 7.11. The van der Waals surface area contributed by atoms with E-state index in [0.717, 1.165) is 6.42 Å². The molecule has 0 spiro atoms. The average molecular weight is 313 g/mol. The predicted molar refractivity (Wildman–Crippen MR) is 83.8 cm³/mol. The van der Waals surface area contributed by atoms with Gasteiger partial charge in [-0.05, 0) is 25.5 Å². The van der Waals surface area contributed by atoms with Crippen molar-refractivity contribution in [3.8, 4) is 5.75 Å². The molecular weight excluding hydrogens is 290 g/mol. The highest BCUT2D eigenvalue weighted by atomic mass is 32.2. The van der Waals surface area contributed by atoms with Gasteiger partial charge in [0.25, 0.3) is 0 Å². The van der Waals surface area contributed by atoms with Gasteiger partial charge >= 0.3 is 10.2 Å². The van der Waals surface area contributed by atoms with Crippen LogP contribution in [0.1, 0.15) is 20.3 Å². The van der Waals surface area contributed by atoms with Gasteiger partial charge in [-0.3, -0.25) is 4.72 Å². The number of hydrogen-bond acceptors (Lipinski definition) is 4. The van der Waals surface area contributed by atoms with Crippen molar-refractivity contribution in [3.63, 3.8) is 0 Å². The van der Waals surface area contributed by atoms with Crippen molar-refractivity contribution < 1.29 is 13.2 Å². The first-order chi connectivity index (χ1) is 10.0. The maximum atomic E-state index is 12.3. The fourth-order valence-electron chi connectivity index (χ4n) is 2.05. The first kappa shape index (κ1) is 16.1. The largest absolute Gasteiger partial charge is 0.491 e. The van der Waals surface area contributed by atoms with Gasteiger partial charge in [0.2, 0.25) is 0 Å². The molecule has 0 radical (unpaired) electrons. The summed E-state index contributed by atoms with van der Waals surface area (Å²) in [5.74, 6) is 0.671. The van der Waals surface area contributed by atoms with Crippen molar-refractivity contribution in [2.24, 2.45) is 0 Å². The van der Waals surface area contributed by atoms with Crippen molar-refractivity contribution in [2.45, 2.75) is 26.4 Å². The zero-order chi connectivity index (χ0) is 15.3. The molecule has 1 aliphatic heterocycles. The van der Waals surface area contributed by atoms with Gasteiger partial charge in [0.15, 0.2) is 0 Å². The molecule has 1 fully saturated rings. The van der Waals surface area contributed by atoms with Crippen LogP contribution in [0.15, 0.2) is 24.3 Å². The molecule has 0 aromatic heterocycles. The molecule has 6 nitrogen and oxygen atoms in total. The van der Waals surface area contributed by atoms with Crippen LogP contribution < -0.4 is 14.8 Å². The van der Waals surface area contributed by atoms with Gasteiger partial charge in [0, 0.05) is 32.2 Å². The van der Waals surface area contributed by atoms with E-state index in [1.165, 1.54) is 4.31 Å². The molecule has 0 amide bonds. The van der Waals surface area contributed by atoms with Crippen molar-refractivity contribution in [1.82, 2.24) is 9.62 Å². The summed E-state index contributed by atoms with van der Waals surface area (Å²) in [4.78, 5) is 0. The van der Waals surface area contributed by atoms with Gasteiger partial charge < -0.3 is 10.1 Å². The lowest BCUT2D eigenvalue weighted by Gasteiger charge is -2.27. The minimum atomic E-state index is -3.50. The lowest BCUT2D eigenvalue weighted by atomic mass is 10.3. The molecule has 0 aliphatic carbocycles. The Hall–Kier alpha value is -1.31. The lowest BCUT2D eigenvalue weighted by molar-refractivity contribution is 0.217. The van der Waals surface area contributed by atoms with Crippen LogP contribution in [0.4, 0.5) is 5.69 Å². The second-order valence-electron chi connectivity index (χ2n) is 5.12. The number of benzene rings is 1. The standard InChI is InChI=1S/C14H23N3O3S/c1-3-12(2)20-14-6-4-5-13(11-14)16-21(18,19)17-9-7-15-8-10-17/h4-6,11-12,15-16H,3,7-10H2,1-2H3. The van der Waals surface area contributed by atoms with Crippen LogP contribution in [0.2, 0.25) is 0 Å². The van der Waals surface area contributed by atoms with E-state index < -0.39 is 10.2 Å². The molecule has 0 saturated carbocycles. The molecule has 1 saturated heterocycles. The SMILES string of the molecule is CCC(C)Oc1cccc(NS(=O)(=O)N2CCNCC2)c1. The molecule has 21 heavy (non-hydrogen) atoms. The summed E-state index contributed by atoms with van der Waals surface area (Å²) in [6, 6.07) is 7.05. The van der Waals surface area contributed by atoms with E-state index in [1.807, 2.05) is 19.9 Å². The monoisotopic (exact) mass is 313 g/mol. The van der Waals surface area contributed by atoms with E-state index in [2.05, 4.69) is 10.0 Å². The third-order valence-electron chi connectivity index (χ3n) is 3.41. The maximum Gasteiger partial charge on any atom is 0.301 e. The summed E-state index contributed by atoms with van der Waals surface area (Å²) in [5.41, 5.74) is 0.523. The van der Waals surface area contributed by atoms with E-state index in [1.54, 1.807) is 18.2 Å². The van der Waals surface area contributed by atoms with E-state index in [4.69, 9.17) is 4.74 Å². The van der Waals surface area contributed by atoms with Crippen LogP contribution in [-0.4, -0.2) is 45.0 Å². The molecule has 1 aromatic carbocycles. The zero-order valence-corrected chi connectivity index (χ0v) is 13.3. The highest BCUT2D eigenvalue weighted by Crippen LogP contribution is 2.21. The number of hydrogen-bond donors (Lipinski definition) is 2. The summed E-state index contributed by atoms with van der Waals surface area (Å²) < 4.78 is 34.3. The molecule has 7 heteroatoms. The summed E-state index contributed by atoms with van der Waals surface area (Å²) in [6.45, 7) is 6.35. The van der Waals surface area contributed by atoms with Gasteiger partial charge in [0.1, 0.15) is 5.75 Å². The lowest BCUT2D eigenvalue weighted by Crippen LogP contribution is -2.48. The van der Waals surface area contributed by atoms with E-state index in [-0.39, 0.29) is 6.10 Å². The van der Waals surface area contributed by atoms with E-state index >= 15 is 0 Å². The number of nitrogens with one attached hydrogen (secondary N) is 2. The Morgan fingerprint density at radius 3 is 2.76 bits per heavy atom. The topological polar surface area (TPSA) is 70.7 Å². The van der Waals surface area contributed by atoms with Gasteiger partial charge in [-0.2, -0.15) is 12.7 Å². The first-order valence-corrected chi connectivity index (χ1v) is 8.70. The molecule has 0 bridgehead atoms. The Balaban J connectivity index is 2.06. The predicted octanol–water partition coefficient (Wildman–Crippen LogP) is 1.43. The summed E-state index contributed by atoms with van der Waals surface area (Å²) in [5, 5.41) is 3.13. The first-order valence-electron chi connectivity index (χ1n) is 7.26. The van der Waals surface area contributed by atoms with Crippen LogP contribution in [-0.2, 0) is 10.2 Å². The quantitative estimate of drug-likeness (QED) is 0.833. The van der Waals surface area contributed by atoms with Gasteiger partial charge in [0.05, 0.1) is 11.8 Å². The molecule has 1 atom stereocenters. The Morgan fingerprint density at radius 1 is 1.38 bits per heavy atom. The molecule has 1 aromatic rings. The number of piperazine rings is 1. The molecule has 1 heterocycles.